The first-order valence-electron chi connectivity index (χ1n) is 5.41. The molecule has 0 bridgehead atoms. The highest BCUT2D eigenvalue weighted by Gasteiger charge is 2.03. The quantitative estimate of drug-likeness (QED) is 0.729. The largest absolute Gasteiger partial charge is 0.366 e. The molecule has 1 amide bonds. The van der Waals surface area contributed by atoms with Crippen molar-refractivity contribution in [3.63, 3.8) is 0 Å². The molecule has 0 aliphatic carbocycles. The molecule has 0 aliphatic rings. The predicted octanol–water partition coefficient (Wildman–Crippen LogP) is 0.562. The Kier molecular flexibility index (Phi) is 5.31. The van der Waals surface area contributed by atoms with Crippen LogP contribution in [0.3, 0.4) is 0 Å². The van der Waals surface area contributed by atoms with E-state index in [4.69, 9.17) is 5.73 Å². The first-order valence-corrected chi connectivity index (χ1v) is 7.13. The Morgan fingerprint density at radius 2 is 2.18 bits per heavy atom. The normalized spacial score (nSPS) is 12.4. The number of aryl methyl sites for hydroxylation is 1. The molecule has 3 N–H and O–H groups in total. The zero-order valence-electron chi connectivity index (χ0n) is 10.2. The van der Waals surface area contributed by atoms with Crippen molar-refractivity contribution in [2.45, 2.75) is 13.5 Å². The van der Waals surface area contributed by atoms with Crippen LogP contribution in [0.1, 0.15) is 21.5 Å². The summed E-state index contributed by atoms with van der Waals surface area (Å²) in [4.78, 5) is 11.0. The highest BCUT2D eigenvalue weighted by molar-refractivity contribution is 7.84. The number of amides is 1. The summed E-state index contributed by atoms with van der Waals surface area (Å²) in [5.41, 5.74) is 7.88. The van der Waals surface area contributed by atoms with Gasteiger partial charge in [-0.15, -0.1) is 0 Å². The van der Waals surface area contributed by atoms with Gasteiger partial charge in [0.05, 0.1) is 0 Å². The minimum absolute atomic E-state index is 0.408. The van der Waals surface area contributed by atoms with E-state index in [1.165, 1.54) is 0 Å². The number of nitrogens with one attached hydrogen (secondary N) is 1. The van der Waals surface area contributed by atoms with E-state index in [0.29, 0.717) is 17.9 Å². The second-order valence-corrected chi connectivity index (χ2v) is 5.51. The van der Waals surface area contributed by atoms with Gasteiger partial charge in [-0.3, -0.25) is 9.00 Å². The monoisotopic (exact) mass is 254 g/mol. The minimum atomic E-state index is -0.762. The highest BCUT2D eigenvalue weighted by atomic mass is 32.2. The fourth-order valence-electron chi connectivity index (χ4n) is 1.49. The van der Waals surface area contributed by atoms with E-state index in [-0.39, 0.29) is 0 Å². The third-order valence-corrected chi connectivity index (χ3v) is 3.29. The first kappa shape index (κ1) is 13.9. The molecule has 94 valence electrons. The van der Waals surface area contributed by atoms with Crippen LogP contribution in [-0.4, -0.2) is 28.7 Å². The van der Waals surface area contributed by atoms with E-state index in [0.717, 1.165) is 17.7 Å². The summed E-state index contributed by atoms with van der Waals surface area (Å²) in [6, 6.07) is 5.41. The van der Waals surface area contributed by atoms with Crippen molar-refractivity contribution in [3.05, 3.63) is 34.9 Å². The fraction of sp³-hybridized carbons (Fsp3) is 0.417. The van der Waals surface area contributed by atoms with Crippen LogP contribution in [-0.2, 0) is 17.3 Å². The number of primary amides is 1. The maximum Gasteiger partial charge on any atom is 0.248 e. The molecule has 0 aromatic heterocycles. The van der Waals surface area contributed by atoms with Gasteiger partial charge in [0.1, 0.15) is 0 Å². The van der Waals surface area contributed by atoms with Gasteiger partial charge >= 0.3 is 0 Å². The summed E-state index contributed by atoms with van der Waals surface area (Å²) >= 11 is 0. The van der Waals surface area contributed by atoms with E-state index in [9.17, 15) is 9.00 Å². The fourth-order valence-corrected chi connectivity index (χ4v) is 1.92. The molecule has 1 atom stereocenters. The Morgan fingerprint density at radius 3 is 2.71 bits per heavy atom. The van der Waals surface area contributed by atoms with Crippen LogP contribution in [0.2, 0.25) is 0 Å². The molecule has 1 aromatic rings. The van der Waals surface area contributed by atoms with Gasteiger partial charge in [0.25, 0.3) is 0 Å². The maximum absolute atomic E-state index is 11.0. The van der Waals surface area contributed by atoms with Gasteiger partial charge in [-0.25, -0.2) is 0 Å². The minimum Gasteiger partial charge on any atom is -0.366 e. The zero-order valence-corrected chi connectivity index (χ0v) is 11.0. The molecule has 0 radical (unpaired) electrons. The van der Waals surface area contributed by atoms with Crippen LogP contribution in [0.5, 0.6) is 0 Å². The molecule has 17 heavy (non-hydrogen) atoms. The summed E-state index contributed by atoms with van der Waals surface area (Å²) in [5.74, 6) is 0.243. The third-order valence-electron chi connectivity index (χ3n) is 2.51. The van der Waals surface area contributed by atoms with E-state index < -0.39 is 16.7 Å². The molecule has 1 rings (SSSR count). The summed E-state index contributed by atoms with van der Waals surface area (Å²) in [6.45, 7) is 3.38. The van der Waals surface area contributed by atoms with Crippen LogP contribution in [0.25, 0.3) is 0 Å². The van der Waals surface area contributed by atoms with Gasteiger partial charge < -0.3 is 11.1 Å². The van der Waals surface area contributed by atoms with Crippen LogP contribution in [0, 0.1) is 6.92 Å². The number of hydrogen-bond donors (Lipinski definition) is 2. The smallest absolute Gasteiger partial charge is 0.248 e. The van der Waals surface area contributed by atoms with Crippen LogP contribution < -0.4 is 11.1 Å². The Balaban J connectivity index is 2.54. The summed E-state index contributed by atoms with van der Waals surface area (Å²) in [7, 11) is -0.762. The Bertz CT molecular complexity index is 433. The molecule has 0 heterocycles. The number of benzene rings is 1. The highest BCUT2D eigenvalue weighted by Crippen LogP contribution is 2.10. The molecule has 0 fully saturated rings. The summed E-state index contributed by atoms with van der Waals surface area (Å²) in [6.07, 6.45) is 1.69. The van der Waals surface area contributed by atoms with Gasteiger partial charge in [0.2, 0.25) is 5.91 Å². The topological polar surface area (TPSA) is 72.2 Å². The Labute approximate surface area is 104 Å². The first-order chi connectivity index (χ1) is 8.00. The summed E-state index contributed by atoms with van der Waals surface area (Å²) < 4.78 is 10.9. The molecule has 1 aromatic carbocycles. The van der Waals surface area contributed by atoms with E-state index >= 15 is 0 Å². The molecule has 1 unspecified atom stereocenters. The molecule has 0 saturated carbocycles. The standard InChI is InChI=1S/C12H18N2O2S/c1-9-7-10(12(13)15)3-4-11(9)8-14-5-6-17(2)16/h3-4,7,14H,5-6,8H2,1-2H3,(H2,13,15). The molecule has 5 heteroatoms. The Hall–Kier alpha value is -1.20. The van der Waals surface area contributed by atoms with Crippen molar-refractivity contribution in [2.24, 2.45) is 5.73 Å². The molecular formula is C12H18N2O2S. The van der Waals surface area contributed by atoms with Crippen LogP contribution in [0.15, 0.2) is 18.2 Å². The van der Waals surface area contributed by atoms with E-state index in [2.05, 4.69) is 5.32 Å². The zero-order chi connectivity index (χ0) is 12.8. The second kappa shape index (κ2) is 6.51. The number of nitrogens with two attached hydrogens (primary N) is 1. The lowest BCUT2D eigenvalue weighted by Crippen LogP contribution is -2.20. The predicted molar refractivity (Wildman–Crippen MR) is 70.3 cm³/mol. The van der Waals surface area contributed by atoms with E-state index in [1.807, 2.05) is 13.0 Å². The lowest BCUT2D eigenvalue weighted by molar-refractivity contribution is 0.1000. The number of carbonyl (C=O) groups is 1. The average Bonchev–Trinajstić information content (AvgIpc) is 2.25. The van der Waals surface area contributed by atoms with Crippen LogP contribution in [0.4, 0.5) is 0 Å². The third kappa shape index (κ3) is 4.66. The Morgan fingerprint density at radius 1 is 1.47 bits per heavy atom. The molecule has 0 aliphatic heterocycles. The number of carbonyl (C=O) groups excluding carboxylic acids is 1. The number of rotatable bonds is 6. The SMILES string of the molecule is Cc1cc(C(N)=O)ccc1CNCCS(C)=O. The molecule has 4 nitrogen and oxygen atoms in total. The number of hydrogen-bond acceptors (Lipinski definition) is 3. The van der Waals surface area contributed by atoms with Crippen molar-refractivity contribution in [1.82, 2.24) is 5.32 Å². The average molecular weight is 254 g/mol. The lowest BCUT2D eigenvalue weighted by Gasteiger charge is -2.08. The van der Waals surface area contributed by atoms with Gasteiger partial charge in [0.15, 0.2) is 0 Å². The summed E-state index contributed by atoms with van der Waals surface area (Å²) in [5, 5.41) is 3.21. The molecular weight excluding hydrogens is 236 g/mol. The van der Waals surface area contributed by atoms with Gasteiger partial charge in [-0.05, 0) is 30.2 Å². The van der Waals surface area contributed by atoms with Crippen molar-refractivity contribution in [2.75, 3.05) is 18.6 Å². The van der Waals surface area contributed by atoms with Crippen molar-refractivity contribution < 1.29 is 9.00 Å². The molecule has 0 spiro atoms. The lowest BCUT2D eigenvalue weighted by atomic mass is 10.0. The van der Waals surface area contributed by atoms with Crippen molar-refractivity contribution in [3.8, 4) is 0 Å². The van der Waals surface area contributed by atoms with Gasteiger partial charge in [-0.1, -0.05) is 6.07 Å². The maximum atomic E-state index is 11.0. The second-order valence-electron chi connectivity index (χ2n) is 3.96. The van der Waals surface area contributed by atoms with Crippen molar-refractivity contribution in [1.29, 1.82) is 0 Å². The molecule has 0 saturated heterocycles. The van der Waals surface area contributed by atoms with E-state index in [1.54, 1.807) is 18.4 Å². The van der Waals surface area contributed by atoms with Crippen molar-refractivity contribution >= 4 is 16.7 Å². The van der Waals surface area contributed by atoms with Gasteiger partial charge in [0, 0.05) is 41.5 Å². The van der Waals surface area contributed by atoms with Crippen LogP contribution >= 0.6 is 0 Å². The van der Waals surface area contributed by atoms with Gasteiger partial charge in [-0.2, -0.15) is 0 Å².